The second kappa shape index (κ2) is 9.02. The summed E-state index contributed by atoms with van der Waals surface area (Å²) in [5.74, 6) is 0. The van der Waals surface area contributed by atoms with Gasteiger partial charge >= 0.3 is 0 Å². The summed E-state index contributed by atoms with van der Waals surface area (Å²) in [5.41, 5.74) is 6.11. The van der Waals surface area contributed by atoms with Gasteiger partial charge in [-0.05, 0) is 45.4 Å². The van der Waals surface area contributed by atoms with E-state index < -0.39 is 10.0 Å². The van der Waals surface area contributed by atoms with Gasteiger partial charge in [0.15, 0.2) is 0 Å². The summed E-state index contributed by atoms with van der Waals surface area (Å²) in [6, 6.07) is 6.88. The number of anilines is 1. The number of nitrogens with two attached hydrogens (primary N) is 1. The predicted octanol–water partition coefficient (Wildman–Crippen LogP) is 2.30. The van der Waals surface area contributed by atoms with E-state index in [1.54, 1.807) is 18.2 Å². The summed E-state index contributed by atoms with van der Waals surface area (Å²) in [4.78, 5) is 0.306. The molecule has 0 aromatic heterocycles. The molecule has 0 aliphatic heterocycles. The van der Waals surface area contributed by atoms with Gasteiger partial charge in [-0.2, -0.15) is 0 Å². The largest absolute Gasteiger partial charge is 0.384 e. The van der Waals surface area contributed by atoms with Crippen molar-refractivity contribution in [2.45, 2.75) is 50.5 Å². The molecule has 6 heteroatoms. The van der Waals surface area contributed by atoms with Crippen molar-refractivity contribution in [2.24, 2.45) is 5.73 Å². The maximum absolute atomic E-state index is 12.3. The second-order valence-corrected chi connectivity index (χ2v) is 7.08. The Bertz CT molecular complexity index is 515. The minimum absolute atomic E-state index is 0.126. The molecule has 1 rings (SSSR count). The van der Waals surface area contributed by atoms with Crippen molar-refractivity contribution in [1.29, 1.82) is 0 Å². The third-order valence-corrected chi connectivity index (χ3v) is 4.73. The average Bonchev–Trinajstić information content (AvgIpc) is 2.41. The van der Waals surface area contributed by atoms with Crippen molar-refractivity contribution in [3.63, 3.8) is 0 Å². The lowest BCUT2D eigenvalue weighted by atomic mass is 10.2. The molecule has 0 aliphatic carbocycles. The average molecular weight is 313 g/mol. The van der Waals surface area contributed by atoms with Gasteiger partial charge in [-0.1, -0.05) is 25.0 Å². The zero-order chi connectivity index (χ0) is 15.7. The lowest BCUT2D eigenvalue weighted by Crippen LogP contribution is -2.30. The maximum Gasteiger partial charge on any atom is 0.242 e. The SMILES string of the molecule is CC(C)NS(=O)(=O)c1ccccc1NCCCCCCN. The summed E-state index contributed by atoms with van der Waals surface area (Å²) in [6.07, 6.45) is 4.27. The molecule has 0 saturated carbocycles. The molecule has 4 N–H and O–H groups in total. The smallest absolute Gasteiger partial charge is 0.242 e. The Morgan fingerprint density at radius 2 is 1.76 bits per heavy atom. The number of sulfonamides is 1. The van der Waals surface area contributed by atoms with E-state index in [0.717, 1.165) is 38.8 Å². The molecule has 1 aromatic rings. The highest BCUT2D eigenvalue weighted by Crippen LogP contribution is 2.21. The molecular formula is C15H27N3O2S. The number of nitrogens with one attached hydrogen (secondary N) is 2. The quantitative estimate of drug-likeness (QED) is 0.579. The Balaban J connectivity index is 2.63. The van der Waals surface area contributed by atoms with Crippen molar-refractivity contribution in [3.05, 3.63) is 24.3 Å². The lowest BCUT2D eigenvalue weighted by Gasteiger charge is -2.14. The fraction of sp³-hybridized carbons (Fsp3) is 0.600. The number of hydrogen-bond acceptors (Lipinski definition) is 4. The zero-order valence-electron chi connectivity index (χ0n) is 12.9. The van der Waals surface area contributed by atoms with Gasteiger partial charge in [-0.25, -0.2) is 13.1 Å². The minimum atomic E-state index is -3.47. The van der Waals surface area contributed by atoms with E-state index in [1.807, 2.05) is 19.9 Å². The number of rotatable bonds is 10. The van der Waals surface area contributed by atoms with Crippen LogP contribution >= 0.6 is 0 Å². The molecule has 0 atom stereocenters. The number of hydrogen-bond donors (Lipinski definition) is 3. The van der Waals surface area contributed by atoms with Gasteiger partial charge in [0.25, 0.3) is 0 Å². The van der Waals surface area contributed by atoms with Crippen LogP contribution in [0.4, 0.5) is 5.69 Å². The highest BCUT2D eigenvalue weighted by molar-refractivity contribution is 7.89. The Labute approximate surface area is 128 Å². The molecule has 0 aliphatic rings. The first-order chi connectivity index (χ1) is 9.97. The van der Waals surface area contributed by atoms with Crippen LogP contribution in [0.25, 0.3) is 0 Å². The van der Waals surface area contributed by atoms with Crippen molar-refractivity contribution in [3.8, 4) is 0 Å². The Morgan fingerprint density at radius 1 is 1.10 bits per heavy atom. The van der Waals surface area contributed by atoms with Crippen LogP contribution in [0.3, 0.4) is 0 Å². The van der Waals surface area contributed by atoms with Gasteiger partial charge in [0.05, 0.1) is 5.69 Å². The molecule has 0 spiro atoms. The van der Waals surface area contributed by atoms with Gasteiger partial charge in [0, 0.05) is 12.6 Å². The van der Waals surface area contributed by atoms with E-state index in [-0.39, 0.29) is 6.04 Å². The van der Waals surface area contributed by atoms with Gasteiger partial charge in [0.1, 0.15) is 4.90 Å². The first-order valence-electron chi connectivity index (χ1n) is 7.52. The first-order valence-corrected chi connectivity index (χ1v) is 9.01. The minimum Gasteiger partial charge on any atom is -0.384 e. The van der Waals surface area contributed by atoms with Crippen LogP contribution in [0, 0.1) is 0 Å². The topological polar surface area (TPSA) is 84.2 Å². The molecule has 0 unspecified atom stereocenters. The van der Waals surface area contributed by atoms with Gasteiger partial charge in [-0.15, -0.1) is 0 Å². The van der Waals surface area contributed by atoms with E-state index in [0.29, 0.717) is 10.6 Å². The van der Waals surface area contributed by atoms with E-state index in [2.05, 4.69) is 10.0 Å². The van der Waals surface area contributed by atoms with Crippen molar-refractivity contribution < 1.29 is 8.42 Å². The third-order valence-electron chi connectivity index (χ3n) is 3.01. The molecule has 0 saturated heterocycles. The summed E-state index contributed by atoms with van der Waals surface area (Å²) in [5, 5.41) is 3.22. The van der Waals surface area contributed by atoms with Gasteiger partial charge in [0.2, 0.25) is 10.0 Å². The Kier molecular flexibility index (Phi) is 7.71. The molecule has 0 radical (unpaired) electrons. The maximum atomic E-state index is 12.3. The summed E-state index contributed by atoms with van der Waals surface area (Å²) in [6.45, 7) is 5.12. The summed E-state index contributed by atoms with van der Waals surface area (Å²) < 4.78 is 27.2. The number of unbranched alkanes of at least 4 members (excludes halogenated alkanes) is 3. The van der Waals surface area contributed by atoms with Crippen LogP contribution in [0.1, 0.15) is 39.5 Å². The van der Waals surface area contributed by atoms with Crippen LogP contribution in [0.2, 0.25) is 0 Å². The molecule has 5 nitrogen and oxygen atoms in total. The van der Waals surface area contributed by atoms with Crippen LogP contribution in [0.15, 0.2) is 29.2 Å². The predicted molar refractivity (Wildman–Crippen MR) is 87.9 cm³/mol. The van der Waals surface area contributed by atoms with Crippen LogP contribution in [-0.4, -0.2) is 27.5 Å². The van der Waals surface area contributed by atoms with E-state index in [1.165, 1.54) is 0 Å². The molecule has 120 valence electrons. The molecule has 0 amide bonds. The highest BCUT2D eigenvalue weighted by atomic mass is 32.2. The van der Waals surface area contributed by atoms with Gasteiger partial charge < -0.3 is 11.1 Å². The fourth-order valence-corrected chi connectivity index (χ4v) is 3.50. The number of para-hydroxylation sites is 1. The Morgan fingerprint density at radius 3 is 2.43 bits per heavy atom. The highest BCUT2D eigenvalue weighted by Gasteiger charge is 2.18. The standard InChI is InChI=1S/C15H27N3O2S/c1-13(2)18-21(19,20)15-10-6-5-9-14(15)17-12-8-4-3-7-11-16/h5-6,9-10,13,17-18H,3-4,7-8,11-12,16H2,1-2H3. The van der Waals surface area contributed by atoms with E-state index in [9.17, 15) is 8.42 Å². The fourth-order valence-electron chi connectivity index (χ4n) is 2.07. The van der Waals surface area contributed by atoms with Crippen molar-refractivity contribution in [1.82, 2.24) is 4.72 Å². The van der Waals surface area contributed by atoms with Gasteiger partial charge in [-0.3, -0.25) is 0 Å². The molecule has 0 heterocycles. The van der Waals surface area contributed by atoms with Crippen LogP contribution < -0.4 is 15.8 Å². The van der Waals surface area contributed by atoms with Crippen molar-refractivity contribution in [2.75, 3.05) is 18.4 Å². The van der Waals surface area contributed by atoms with Crippen LogP contribution in [-0.2, 0) is 10.0 Å². The van der Waals surface area contributed by atoms with E-state index in [4.69, 9.17) is 5.73 Å². The van der Waals surface area contributed by atoms with Crippen LogP contribution in [0.5, 0.6) is 0 Å². The Hall–Kier alpha value is -1.11. The molecule has 0 fully saturated rings. The normalized spacial score (nSPS) is 11.8. The third kappa shape index (κ3) is 6.46. The number of benzene rings is 1. The summed E-state index contributed by atoms with van der Waals surface area (Å²) in [7, 11) is -3.47. The summed E-state index contributed by atoms with van der Waals surface area (Å²) >= 11 is 0. The first kappa shape index (κ1) is 17.9. The molecule has 21 heavy (non-hydrogen) atoms. The second-order valence-electron chi connectivity index (χ2n) is 5.40. The zero-order valence-corrected chi connectivity index (χ0v) is 13.7. The molecular weight excluding hydrogens is 286 g/mol. The molecule has 0 bridgehead atoms. The van der Waals surface area contributed by atoms with Crippen molar-refractivity contribution >= 4 is 15.7 Å². The monoisotopic (exact) mass is 313 g/mol. The molecule has 1 aromatic carbocycles. The van der Waals surface area contributed by atoms with E-state index >= 15 is 0 Å². The lowest BCUT2D eigenvalue weighted by molar-refractivity contribution is 0.570.